The van der Waals surface area contributed by atoms with Gasteiger partial charge in [0.15, 0.2) is 0 Å². The third kappa shape index (κ3) is 28.9. The first-order chi connectivity index (χ1) is 21.4. The van der Waals surface area contributed by atoms with Crippen LogP contribution in [0.15, 0.2) is 36.9 Å². The average molecular weight is 613 g/mol. The largest absolute Gasteiger partial charge is 0.491 e. The molecule has 0 amide bonds. The summed E-state index contributed by atoms with van der Waals surface area (Å²) in [6.45, 7) is 15.0. The number of hydrogen-bond acceptors (Lipinski definition) is 9. The first-order valence-electron chi connectivity index (χ1n) is 16.3. The van der Waals surface area contributed by atoms with E-state index in [-0.39, 0.29) is 0 Å². The SMILES string of the molecule is C=CCOCCOCCOCCOCCOCCOCCOCCOCCOc1ccc(CCCCCCCCC)cc1. The van der Waals surface area contributed by atoms with Crippen LogP contribution >= 0.6 is 0 Å². The second kappa shape index (κ2) is 33.3. The Hall–Kier alpha value is -1.56. The van der Waals surface area contributed by atoms with E-state index in [1.807, 2.05) is 0 Å². The molecule has 1 aromatic carbocycles. The van der Waals surface area contributed by atoms with Gasteiger partial charge in [-0.25, -0.2) is 0 Å². The molecule has 0 radical (unpaired) electrons. The van der Waals surface area contributed by atoms with E-state index in [1.165, 1.54) is 50.5 Å². The molecular weight excluding hydrogens is 552 g/mol. The Kier molecular flexibility index (Phi) is 30.6. The summed E-state index contributed by atoms with van der Waals surface area (Å²) in [5.41, 5.74) is 1.38. The van der Waals surface area contributed by atoms with Crippen LogP contribution in [0.5, 0.6) is 5.75 Å². The van der Waals surface area contributed by atoms with E-state index < -0.39 is 0 Å². The number of aryl methyl sites for hydroxylation is 1. The molecule has 0 N–H and O–H groups in total. The molecule has 0 aliphatic rings. The van der Waals surface area contributed by atoms with Gasteiger partial charge in [0.05, 0.1) is 106 Å². The highest BCUT2D eigenvalue weighted by Gasteiger charge is 1.99. The molecule has 1 aromatic rings. The van der Waals surface area contributed by atoms with Gasteiger partial charge in [-0.1, -0.05) is 63.7 Å². The van der Waals surface area contributed by atoms with Crippen LogP contribution in [0.4, 0.5) is 0 Å². The van der Waals surface area contributed by atoms with E-state index in [0.717, 1.165) is 12.2 Å². The summed E-state index contributed by atoms with van der Waals surface area (Å²) in [6, 6.07) is 8.46. The Morgan fingerprint density at radius 2 is 0.837 bits per heavy atom. The van der Waals surface area contributed by atoms with Crippen molar-refractivity contribution in [3.63, 3.8) is 0 Å². The van der Waals surface area contributed by atoms with Crippen LogP contribution in [-0.2, 0) is 44.3 Å². The van der Waals surface area contributed by atoms with E-state index in [0.29, 0.717) is 112 Å². The second-order valence-electron chi connectivity index (χ2n) is 10.0. The number of rotatable bonds is 35. The smallest absolute Gasteiger partial charge is 0.119 e. The second-order valence-corrected chi connectivity index (χ2v) is 10.0. The first-order valence-corrected chi connectivity index (χ1v) is 16.3. The third-order valence-corrected chi connectivity index (χ3v) is 6.33. The first kappa shape index (κ1) is 39.5. The molecule has 1 rings (SSSR count). The van der Waals surface area contributed by atoms with Crippen LogP contribution in [0.2, 0.25) is 0 Å². The van der Waals surface area contributed by atoms with Crippen molar-refractivity contribution < 1.29 is 42.6 Å². The zero-order valence-corrected chi connectivity index (χ0v) is 26.9. The summed E-state index contributed by atoms with van der Waals surface area (Å²) in [5, 5.41) is 0. The molecule has 0 aromatic heterocycles. The van der Waals surface area contributed by atoms with Gasteiger partial charge in [0.2, 0.25) is 0 Å². The van der Waals surface area contributed by atoms with Gasteiger partial charge in [-0.2, -0.15) is 0 Å². The van der Waals surface area contributed by atoms with Gasteiger partial charge in [-0.3, -0.25) is 0 Å². The predicted molar refractivity (Wildman–Crippen MR) is 170 cm³/mol. The molecule has 0 bridgehead atoms. The highest BCUT2D eigenvalue weighted by molar-refractivity contribution is 5.27. The van der Waals surface area contributed by atoms with Crippen molar-refractivity contribution in [1.29, 1.82) is 0 Å². The van der Waals surface area contributed by atoms with Crippen molar-refractivity contribution in [1.82, 2.24) is 0 Å². The Morgan fingerprint density at radius 3 is 1.26 bits per heavy atom. The van der Waals surface area contributed by atoms with E-state index in [2.05, 4.69) is 37.8 Å². The van der Waals surface area contributed by atoms with E-state index in [9.17, 15) is 0 Å². The highest BCUT2D eigenvalue weighted by Crippen LogP contribution is 2.15. The Bertz CT molecular complexity index is 687. The fraction of sp³-hybridized carbons (Fsp3) is 0.765. The minimum atomic E-state index is 0.527. The maximum Gasteiger partial charge on any atom is 0.119 e. The van der Waals surface area contributed by atoms with Crippen molar-refractivity contribution >= 4 is 0 Å². The van der Waals surface area contributed by atoms with Crippen LogP contribution in [0.25, 0.3) is 0 Å². The molecular formula is C34H60O9. The number of hydrogen-bond donors (Lipinski definition) is 0. The minimum absolute atomic E-state index is 0.527. The third-order valence-electron chi connectivity index (χ3n) is 6.33. The van der Waals surface area contributed by atoms with E-state index >= 15 is 0 Å². The molecule has 0 aliphatic carbocycles. The normalized spacial score (nSPS) is 11.3. The molecule has 43 heavy (non-hydrogen) atoms. The van der Waals surface area contributed by atoms with Crippen LogP contribution in [-0.4, -0.2) is 112 Å². The van der Waals surface area contributed by atoms with Crippen LogP contribution < -0.4 is 4.74 Å². The van der Waals surface area contributed by atoms with Gasteiger partial charge < -0.3 is 42.6 Å². The van der Waals surface area contributed by atoms with Crippen molar-refractivity contribution in [2.45, 2.75) is 58.3 Å². The van der Waals surface area contributed by atoms with Gasteiger partial charge in [-0.15, -0.1) is 6.58 Å². The predicted octanol–water partition coefficient (Wildman–Crippen LogP) is 5.68. The van der Waals surface area contributed by atoms with Crippen molar-refractivity contribution in [2.24, 2.45) is 0 Å². The molecule has 0 atom stereocenters. The summed E-state index contributed by atoms with van der Waals surface area (Å²) in [4.78, 5) is 0. The standard InChI is InChI=1S/C34H60O9/c1-3-5-6-7-8-9-10-11-33-12-14-34(15-13-33)43-32-31-42-30-29-41-28-27-40-26-25-39-24-23-38-22-21-37-20-19-36-18-17-35-16-4-2/h4,12-15H,2-3,5-11,16-32H2,1H3. The van der Waals surface area contributed by atoms with E-state index in [4.69, 9.17) is 42.6 Å². The summed E-state index contributed by atoms with van der Waals surface area (Å²) >= 11 is 0. The molecule has 0 heterocycles. The fourth-order valence-electron chi connectivity index (χ4n) is 3.96. The Morgan fingerprint density at radius 1 is 0.465 bits per heavy atom. The quantitative estimate of drug-likeness (QED) is 0.0711. The fourth-order valence-corrected chi connectivity index (χ4v) is 3.96. The molecule has 0 fully saturated rings. The highest BCUT2D eigenvalue weighted by atomic mass is 16.6. The van der Waals surface area contributed by atoms with Gasteiger partial charge in [0, 0.05) is 0 Å². The van der Waals surface area contributed by atoms with E-state index in [1.54, 1.807) is 6.08 Å². The molecule has 0 spiro atoms. The van der Waals surface area contributed by atoms with Crippen LogP contribution in [0, 0.1) is 0 Å². The number of ether oxygens (including phenoxy) is 9. The van der Waals surface area contributed by atoms with Gasteiger partial charge in [0.1, 0.15) is 12.4 Å². The minimum Gasteiger partial charge on any atom is -0.491 e. The zero-order chi connectivity index (χ0) is 30.7. The number of unbranched alkanes of at least 4 members (excludes halogenated alkanes) is 6. The monoisotopic (exact) mass is 612 g/mol. The zero-order valence-electron chi connectivity index (χ0n) is 26.9. The summed E-state index contributed by atoms with van der Waals surface area (Å²) in [6.07, 6.45) is 12.3. The van der Waals surface area contributed by atoms with Gasteiger partial charge >= 0.3 is 0 Å². The Labute approximate surface area is 261 Å². The van der Waals surface area contributed by atoms with Crippen LogP contribution in [0.1, 0.15) is 57.4 Å². The molecule has 250 valence electrons. The maximum atomic E-state index is 5.77. The lowest BCUT2D eigenvalue weighted by Crippen LogP contribution is -2.15. The number of benzene rings is 1. The summed E-state index contributed by atoms with van der Waals surface area (Å²) < 4.78 is 49.4. The molecule has 0 saturated heterocycles. The van der Waals surface area contributed by atoms with Crippen molar-refractivity contribution in [2.75, 3.05) is 112 Å². The molecule has 9 heteroatoms. The average Bonchev–Trinajstić information content (AvgIpc) is 3.03. The molecule has 0 aliphatic heterocycles. The lowest BCUT2D eigenvalue weighted by molar-refractivity contribution is -0.0231. The summed E-state index contributed by atoms with van der Waals surface area (Å²) in [5.74, 6) is 0.890. The topological polar surface area (TPSA) is 83.1 Å². The van der Waals surface area contributed by atoms with Gasteiger partial charge in [0.25, 0.3) is 0 Å². The summed E-state index contributed by atoms with van der Waals surface area (Å²) in [7, 11) is 0. The van der Waals surface area contributed by atoms with Gasteiger partial charge in [-0.05, 0) is 30.5 Å². The molecule has 0 saturated carbocycles. The lowest BCUT2D eigenvalue weighted by atomic mass is 10.0. The lowest BCUT2D eigenvalue weighted by Gasteiger charge is -2.09. The van der Waals surface area contributed by atoms with Crippen molar-refractivity contribution in [3.8, 4) is 5.75 Å². The van der Waals surface area contributed by atoms with Crippen molar-refractivity contribution in [3.05, 3.63) is 42.5 Å². The maximum absolute atomic E-state index is 5.77. The van der Waals surface area contributed by atoms with Crippen LogP contribution in [0.3, 0.4) is 0 Å². The molecule has 9 nitrogen and oxygen atoms in total. The Balaban J connectivity index is 1.73. The molecule has 0 unspecified atom stereocenters.